The number of thiophene rings is 6. The van der Waals surface area contributed by atoms with Gasteiger partial charge in [0.1, 0.15) is 5.82 Å². The predicted octanol–water partition coefficient (Wildman–Crippen LogP) is 12.2. The Morgan fingerprint density at radius 1 is 0.528 bits per heavy atom. The van der Waals surface area contributed by atoms with Gasteiger partial charge in [-0.2, -0.15) is 0 Å². The Bertz CT molecular complexity index is 1960. The average molecular weight is 581 g/mol. The standard InChI is InChI=1S/C29H21FS6/c1-12-6-8-19(31-12)23-24(20-9-7-13(2)32-20)27-18(17-10-14(3)33-26(17)23)11-21(36-27)28-29-22(15(4)34-28)25(30)16(5)35-29/h6-11H,1-5H3. The summed E-state index contributed by atoms with van der Waals surface area (Å²) in [6.45, 7) is 10.5. The van der Waals surface area contributed by atoms with Crippen molar-refractivity contribution in [2.24, 2.45) is 0 Å². The summed E-state index contributed by atoms with van der Waals surface area (Å²) in [5.41, 5.74) is 2.73. The van der Waals surface area contributed by atoms with E-state index >= 15 is 0 Å². The molecule has 36 heavy (non-hydrogen) atoms. The summed E-state index contributed by atoms with van der Waals surface area (Å²) in [6.07, 6.45) is 0. The second-order valence-corrected chi connectivity index (χ2v) is 16.5. The van der Waals surface area contributed by atoms with E-state index in [-0.39, 0.29) is 5.82 Å². The van der Waals surface area contributed by atoms with E-state index < -0.39 is 0 Å². The van der Waals surface area contributed by atoms with E-state index in [4.69, 9.17) is 0 Å². The first-order valence-corrected chi connectivity index (χ1v) is 16.5. The predicted molar refractivity (Wildman–Crippen MR) is 166 cm³/mol. The van der Waals surface area contributed by atoms with Gasteiger partial charge in [-0.1, -0.05) is 0 Å². The zero-order valence-electron chi connectivity index (χ0n) is 20.3. The Balaban J connectivity index is 1.63. The fourth-order valence-electron chi connectivity index (χ4n) is 5.04. The maximum absolute atomic E-state index is 14.9. The second kappa shape index (κ2) is 8.32. The molecule has 0 fully saturated rings. The summed E-state index contributed by atoms with van der Waals surface area (Å²) >= 11 is 10.9. The van der Waals surface area contributed by atoms with Gasteiger partial charge in [0.25, 0.3) is 0 Å². The molecule has 0 aliphatic rings. The van der Waals surface area contributed by atoms with Crippen molar-refractivity contribution in [3.05, 3.63) is 66.6 Å². The van der Waals surface area contributed by atoms with Gasteiger partial charge in [-0.3, -0.25) is 0 Å². The maximum atomic E-state index is 14.9. The van der Waals surface area contributed by atoms with Crippen LogP contribution < -0.4 is 0 Å². The number of hydrogen-bond donors (Lipinski definition) is 0. The zero-order valence-corrected chi connectivity index (χ0v) is 25.2. The van der Waals surface area contributed by atoms with Crippen molar-refractivity contribution in [2.75, 3.05) is 0 Å². The Hall–Kier alpha value is -1.87. The summed E-state index contributed by atoms with van der Waals surface area (Å²) < 4.78 is 18.7. The summed E-state index contributed by atoms with van der Waals surface area (Å²) in [7, 11) is 0. The van der Waals surface area contributed by atoms with Gasteiger partial charge in [-0.05, 0) is 71.0 Å². The largest absolute Gasteiger partial charge is 0.205 e. The molecule has 7 rings (SSSR count). The van der Waals surface area contributed by atoms with Crippen LogP contribution in [0.15, 0.2) is 36.4 Å². The summed E-state index contributed by atoms with van der Waals surface area (Å²) in [6, 6.07) is 13.8. The van der Waals surface area contributed by atoms with Gasteiger partial charge in [0.05, 0.1) is 9.58 Å². The Kier molecular flexibility index (Phi) is 5.37. The average Bonchev–Trinajstić information content (AvgIpc) is 3.64. The Labute approximate surface area is 232 Å². The molecule has 0 radical (unpaired) electrons. The van der Waals surface area contributed by atoms with Crippen molar-refractivity contribution in [1.82, 2.24) is 0 Å². The molecule has 0 aliphatic heterocycles. The highest BCUT2D eigenvalue weighted by Gasteiger charge is 2.25. The lowest BCUT2D eigenvalue weighted by Crippen LogP contribution is -1.83. The number of benzene rings is 1. The lowest BCUT2D eigenvalue weighted by molar-refractivity contribution is 0.636. The van der Waals surface area contributed by atoms with E-state index in [0.29, 0.717) is 0 Å². The summed E-state index contributed by atoms with van der Waals surface area (Å²) in [5, 5.41) is 3.47. The lowest BCUT2D eigenvalue weighted by atomic mass is 9.99. The quantitative estimate of drug-likeness (QED) is 0.195. The Morgan fingerprint density at radius 3 is 1.75 bits per heavy atom. The van der Waals surface area contributed by atoms with E-state index in [9.17, 15) is 4.39 Å². The van der Waals surface area contributed by atoms with Crippen LogP contribution in [-0.4, -0.2) is 0 Å². The highest BCUT2D eigenvalue weighted by molar-refractivity contribution is 7.31. The topological polar surface area (TPSA) is 0 Å². The van der Waals surface area contributed by atoms with Crippen molar-refractivity contribution in [1.29, 1.82) is 0 Å². The molecule has 0 bridgehead atoms. The number of halogens is 1. The molecule has 6 aromatic heterocycles. The SMILES string of the molecule is Cc1ccc(-c2c(-c3ccc(C)s3)c3sc(-c4sc(C)c5c(F)c(C)sc45)cc3c3cc(C)sc23)s1. The first kappa shape index (κ1) is 23.3. The molecular weight excluding hydrogens is 560 g/mol. The van der Waals surface area contributed by atoms with E-state index in [2.05, 4.69) is 64.1 Å². The lowest BCUT2D eigenvalue weighted by Gasteiger charge is -2.11. The molecule has 0 spiro atoms. The van der Waals surface area contributed by atoms with E-state index in [1.165, 1.54) is 65.4 Å². The third-order valence-electron chi connectivity index (χ3n) is 6.60. The van der Waals surface area contributed by atoms with Crippen LogP contribution in [0.4, 0.5) is 4.39 Å². The van der Waals surface area contributed by atoms with Gasteiger partial charge < -0.3 is 0 Å². The molecule has 0 atom stereocenters. The van der Waals surface area contributed by atoms with Gasteiger partial charge >= 0.3 is 0 Å². The fraction of sp³-hybridized carbons (Fsp3) is 0.172. The van der Waals surface area contributed by atoms with Gasteiger partial charge in [0.15, 0.2) is 0 Å². The van der Waals surface area contributed by atoms with Crippen LogP contribution in [0.25, 0.3) is 60.9 Å². The minimum absolute atomic E-state index is 0.0444. The van der Waals surface area contributed by atoms with Crippen molar-refractivity contribution < 1.29 is 4.39 Å². The molecule has 0 saturated carbocycles. The number of fused-ring (bicyclic) bond motifs is 4. The molecule has 6 heterocycles. The zero-order chi connectivity index (χ0) is 24.9. The molecule has 0 amide bonds. The molecule has 0 unspecified atom stereocenters. The monoisotopic (exact) mass is 580 g/mol. The summed E-state index contributed by atoms with van der Waals surface area (Å²) in [4.78, 5) is 10.9. The molecule has 0 saturated heterocycles. The molecular formula is C29H21FS6. The van der Waals surface area contributed by atoms with E-state index in [1.807, 2.05) is 52.3 Å². The van der Waals surface area contributed by atoms with Crippen LogP contribution in [0.2, 0.25) is 0 Å². The van der Waals surface area contributed by atoms with Crippen LogP contribution >= 0.6 is 68.0 Å². The Morgan fingerprint density at radius 2 is 1.14 bits per heavy atom. The molecule has 0 N–H and O–H groups in total. The van der Waals surface area contributed by atoms with Crippen molar-refractivity contribution in [3.8, 4) is 30.6 Å². The highest BCUT2D eigenvalue weighted by atomic mass is 32.1. The second-order valence-electron chi connectivity index (χ2n) is 9.19. The fourth-order valence-corrected chi connectivity index (χ4v) is 11.9. The van der Waals surface area contributed by atoms with Gasteiger partial charge in [0, 0.05) is 75.7 Å². The molecule has 180 valence electrons. The van der Waals surface area contributed by atoms with Gasteiger partial charge in [0.2, 0.25) is 0 Å². The normalized spacial score (nSPS) is 12.2. The molecule has 0 aliphatic carbocycles. The smallest absolute Gasteiger partial charge is 0.145 e. The molecule has 1 aromatic carbocycles. The van der Waals surface area contributed by atoms with E-state index in [1.54, 1.807) is 22.7 Å². The third kappa shape index (κ3) is 3.37. The van der Waals surface area contributed by atoms with Crippen LogP contribution in [0.5, 0.6) is 0 Å². The third-order valence-corrected chi connectivity index (χ3v) is 13.4. The highest BCUT2D eigenvalue weighted by Crippen LogP contribution is 2.55. The van der Waals surface area contributed by atoms with Crippen LogP contribution in [0, 0.1) is 40.4 Å². The van der Waals surface area contributed by atoms with Gasteiger partial charge in [-0.15, -0.1) is 68.0 Å². The van der Waals surface area contributed by atoms with Crippen molar-refractivity contribution in [3.63, 3.8) is 0 Å². The van der Waals surface area contributed by atoms with Crippen LogP contribution in [0.1, 0.15) is 24.4 Å². The van der Waals surface area contributed by atoms with E-state index in [0.717, 1.165) is 19.8 Å². The van der Waals surface area contributed by atoms with Crippen LogP contribution in [0.3, 0.4) is 0 Å². The minimum atomic E-state index is -0.0444. The molecule has 0 nitrogen and oxygen atoms in total. The van der Waals surface area contributed by atoms with Crippen LogP contribution in [-0.2, 0) is 0 Å². The number of hydrogen-bond acceptors (Lipinski definition) is 6. The maximum Gasteiger partial charge on any atom is 0.145 e. The van der Waals surface area contributed by atoms with Gasteiger partial charge in [-0.25, -0.2) is 4.39 Å². The van der Waals surface area contributed by atoms with Crippen molar-refractivity contribution in [2.45, 2.75) is 34.6 Å². The number of aryl methyl sites for hydroxylation is 5. The first-order valence-electron chi connectivity index (χ1n) is 11.6. The summed E-state index contributed by atoms with van der Waals surface area (Å²) in [5.74, 6) is -0.0444. The molecule has 7 heteroatoms. The number of rotatable bonds is 3. The molecule has 7 aromatic rings. The minimum Gasteiger partial charge on any atom is -0.205 e. The first-order chi connectivity index (χ1) is 17.3. The van der Waals surface area contributed by atoms with Crippen molar-refractivity contribution >= 4 is 98.3 Å².